The van der Waals surface area contributed by atoms with E-state index in [9.17, 15) is 14.7 Å². The van der Waals surface area contributed by atoms with E-state index >= 15 is 0 Å². The normalized spacial score (nSPS) is 24.4. The van der Waals surface area contributed by atoms with Crippen LogP contribution in [0.1, 0.15) is 35.3 Å². The Morgan fingerprint density at radius 1 is 1.35 bits per heavy atom. The molecule has 2 heterocycles. The molecular weight excluding hydrogens is 334 g/mol. The van der Waals surface area contributed by atoms with E-state index in [-0.39, 0.29) is 17.6 Å². The second-order valence-electron chi connectivity index (χ2n) is 7.01. The fraction of sp³-hybridized carbons (Fsp3) is 0.421. The van der Waals surface area contributed by atoms with Crippen molar-refractivity contribution in [3.05, 3.63) is 41.7 Å². The smallest absolute Gasteiger partial charge is 0.339 e. The Morgan fingerprint density at radius 2 is 2.19 bits per heavy atom. The topological polar surface area (TPSA) is 93.5 Å². The largest absolute Gasteiger partial charge is 0.478 e. The van der Waals surface area contributed by atoms with Gasteiger partial charge in [0.1, 0.15) is 11.7 Å². The first-order chi connectivity index (χ1) is 12.5. The fourth-order valence-electron chi connectivity index (χ4n) is 4.10. The number of nitrogens with one attached hydrogen (secondary N) is 1. The van der Waals surface area contributed by atoms with Crippen LogP contribution >= 0.6 is 0 Å². The maximum Gasteiger partial charge on any atom is 0.339 e. The molecule has 1 aromatic heterocycles. The minimum atomic E-state index is -1.01. The van der Waals surface area contributed by atoms with Gasteiger partial charge in [-0.25, -0.2) is 9.48 Å². The number of hydrogen-bond acceptors (Lipinski definition) is 4. The van der Waals surface area contributed by atoms with Gasteiger partial charge in [-0.3, -0.25) is 4.79 Å². The standard InChI is InChI=1S/C19H21N3O4/c1-11-16(19(24)25)9-20-22(11)14-6-3-5-13(8-14)21-18(23)17-15-7-2-4-12(15)10-26-17/h3,5-6,8-9,12,15,17H,2,4,7,10H2,1H3,(H,21,23)(H,24,25)/t12-,15-,17+/m0/s1. The van der Waals surface area contributed by atoms with Crippen molar-refractivity contribution in [3.8, 4) is 5.69 Å². The van der Waals surface area contributed by atoms with E-state index in [1.807, 2.05) is 6.07 Å². The van der Waals surface area contributed by atoms with E-state index in [1.54, 1.807) is 29.8 Å². The van der Waals surface area contributed by atoms with Crippen LogP contribution in [0.15, 0.2) is 30.5 Å². The fourth-order valence-corrected chi connectivity index (χ4v) is 4.10. The number of ether oxygens (including phenoxy) is 1. The lowest BCUT2D eigenvalue weighted by Crippen LogP contribution is -2.32. The number of fused-ring (bicyclic) bond motifs is 1. The van der Waals surface area contributed by atoms with Crippen LogP contribution in [-0.4, -0.2) is 39.5 Å². The molecule has 3 atom stereocenters. The van der Waals surface area contributed by atoms with Crippen molar-refractivity contribution in [3.63, 3.8) is 0 Å². The van der Waals surface area contributed by atoms with Crippen molar-refractivity contribution >= 4 is 17.6 Å². The SMILES string of the molecule is Cc1c(C(=O)O)cnn1-c1cccc(NC(=O)[C@@H]2OC[C@@H]3CCC[C@@H]32)c1. The first kappa shape index (κ1) is 16.8. The average Bonchev–Trinajstić information content (AvgIpc) is 3.29. The molecule has 0 spiro atoms. The predicted octanol–water partition coefficient (Wildman–Crippen LogP) is 2.63. The molecule has 4 rings (SSSR count). The van der Waals surface area contributed by atoms with E-state index in [2.05, 4.69) is 10.4 Å². The molecule has 1 aliphatic carbocycles. The Morgan fingerprint density at radius 3 is 2.96 bits per heavy atom. The Balaban J connectivity index is 1.53. The molecule has 7 heteroatoms. The molecule has 0 unspecified atom stereocenters. The number of anilines is 1. The highest BCUT2D eigenvalue weighted by molar-refractivity contribution is 5.95. The monoisotopic (exact) mass is 355 g/mol. The summed E-state index contributed by atoms with van der Waals surface area (Å²) < 4.78 is 7.28. The number of carboxylic acid groups (broad SMARTS) is 1. The minimum absolute atomic E-state index is 0.111. The summed E-state index contributed by atoms with van der Waals surface area (Å²) in [5.41, 5.74) is 2.03. The van der Waals surface area contributed by atoms with Crippen LogP contribution in [0.25, 0.3) is 5.69 Å². The lowest BCUT2D eigenvalue weighted by Gasteiger charge is -2.17. The van der Waals surface area contributed by atoms with Crippen molar-refractivity contribution in [1.29, 1.82) is 0 Å². The summed E-state index contributed by atoms with van der Waals surface area (Å²) in [6.07, 6.45) is 4.32. The molecule has 1 aromatic carbocycles. The van der Waals surface area contributed by atoms with Crippen LogP contribution in [0.4, 0.5) is 5.69 Å². The Labute approximate surface area is 151 Å². The quantitative estimate of drug-likeness (QED) is 0.879. The number of benzene rings is 1. The predicted molar refractivity (Wildman–Crippen MR) is 94.5 cm³/mol. The summed E-state index contributed by atoms with van der Waals surface area (Å²) in [6.45, 7) is 2.38. The lowest BCUT2D eigenvalue weighted by molar-refractivity contribution is -0.126. The first-order valence-corrected chi connectivity index (χ1v) is 8.85. The molecule has 1 saturated carbocycles. The van der Waals surface area contributed by atoms with E-state index in [1.165, 1.54) is 12.6 Å². The zero-order valence-electron chi connectivity index (χ0n) is 14.5. The molecule has 2 aromatic rings. The van der Waals surface area contributed by atoms with Gasteiger partial charge in [0.2, 0.25) is 0 Å². The molecule has 1 amide bonds. The lowest BCUT2D eigenvalue weighted by atomic mass is 9.94. The van der Waals surface area contributed by atoms with Crippen molar-refractivity contribution < 1.29 is 19.4 Å². The number of aromatic carboxylic acids is 1. The van der Waals surface area contributed by atoms with Crippen LogP contribution in [0.2, 0.25) is 0 Å². The Kier molecular flexibility index (Phi) is 4.24. The summed E-state index contributed by atoms with van der Waals surface area (Å²) >= 11 is 0. The summed E-state index contributed by atoms with van der Waals surface area (Å²) in [5.74, 6) is -0.286. The number of carbonyl (C=O) groups excluding carboxylic acids is 1. The molecule has 2 N–H and O–H groups in total. The number of hydrogen-bond donors (Lipinski definition) is 2. The van der Waals surface area contributed by atoms with E-state index < -0.39 is 5.97 Å². The third kappa shape index (κ3) is 2.88. The molecule has 26 heavy (non-hydrogen) atoms. The van der Waals surface area contributed by atoms with Gasteiger partial charge in [0.25, 0.3) is 5.91 Å². The van der Waals surface area contributed by atoms with Gasteiger partial charge in [0, 0.05) is 5.69 Å². The highest BCUT2D eigenvalue weighted by Gasteiger charge is 2.43. The number of aromatic nitrogens is 2. The number of amides is 1. The van der Waals surface area contributed by atoms with Gasteiger partial charge < -0.3 is 15.2 Å². The molecule has 1 aliphatic heterocycles. The zero-order valence-corrected chi connectivity index (χ0v) is 14.5. The molecule has 0 radical (unpaired) electrons. The molecule has 1 saturated heterocycles. The minimum Gasteiger partial charge on any atom is -0.478 e. The zero-order chi connectivity index (χ0) is 18.3. The molecule has 0 bridgehead atoms. The first-order valence-electron chi connectivity index (χ1n) is 8.85. The van der Waals surface area contributed by atoms with Crippen LogP contribution in [0, 0.1) is 18.8 Å². The van der Waals surface area contributed by atoms with Crippen LogP contribution in [0.3, 0.4) is 0 Å². The molecule has 136 valence electrons. The van der Waals surface area contributed by atoms with E-state index in [0.717, 1.165) is 12.8 Å². The van der Waals surface area contributed by atoms with Crippen molar-refractivity contribution in [2.75, 3.05) is 11.9 Å². The van der Waals surface area contributed by atoms with Crippen molar-refractivity contribution in [1.82, 2.24) is 9.78 Å². The number of rotatable bonds is 4. The van der Waals surface area contributed by atoms with Gasteiger partial charge in [0.15, 0.2) is 0 Å². The number of carboxylic acids is 1. The van der Waals surface area contributed by atoms with Crippen LogP contribution in [-0.2, 0) is 9.53 Å². The molecule has 7 nitrogen and oxygen atoms in total. The van der Waals surface area contributed by atoms with Crippen molar-refractivity contribution in [2.45, 2.75) is 32.3 Å². The maximum atomic E-state index is 12.6. The van der Waals surface area contributed by atoms with Crippen LogP contribution in [0.5, 0.6) is 0 Å². The van der Waals surface area contributed by atoms with Gasteiger partial charge in [0.05, 0.1) is 24.2 Å². The highest BCUT2D eigenvalue weighted by Crippen LogP contribution is 2.40. The highest BCUT2D eigenvalue weighted by atomic mass is 16.5. The van der Waals surface area contributed by atoms with Crippen LogP contribution < -0.4 is 5.32 Å². The number of carbonyl (C=O) groups is 2. The summed E-state index contributed by atoms with van der Waals surface area (Å²) in [4.78, 5) is 23.8. The third-order valence-electron chi connectivity index (χ3n) is 5.45. The van der Waals surface area contributed by atoms with Gasteiger partial charge in [-0.2, -0.15) is 5.10 Å². The molecule has 2 aliphatic rings. The van der Waals surface area contributed by atoms with E-state index in [4.69, 9.17) is 4.74 Å². The summed E-state index contributed by atoms with van der Waals surface area (Å²) in [7, 11) is 0. The second kappa shape index (κ2) is 6.57. The van der Waals surface area contributed by atoms with E-state index in [0.29, 0.717) is 35.5 Å². The van der Waals surface area contributed by atoms with Crippen molar-refractivity contribution in [2.24, 2.45) is 11.8 Å². The third-order valence-corrected chi connectivity index (χ3v) is 5.45. The van der Waals surface area contributed by atoms with Gasteiger partial charge in [-0.15, -0.1) is 0 Å². The average molecular weight is 355 g/mol. The second-order valence-corrected chi connectivity index (χ2v) is 7.01. The summed E-state index contributed by atoms with van der Waals surface area (Å²) in [5, 5.41) is 16.3. The van der Waals surface area contributed by atoms with Gasteiger partial charge in [-0.05, 0) is 49.8 Å². The Bertz CT molecular complexity index is 860. The molecular formula is C19H21N3O4. The Hall–Kier alpha value is -2.67. The van der Waals surface area contributed by atoms with Gasteiger partial charge in [-0.1, -0.05) is 12.5 Å². The molecule has 2 fully saturated rings. The maximum absolute atomic E-state index is 12.6. The van der Waals surface area contributed by atoms with Gasteiger partial charge >= 0.3 is 5.97 Å². The number of nitrogens with zero attached hydrogens (tertiary/aromatic N) is 2. The summed E-state index contributed by atoms with van der Waals surface area (Å²) in [6, 6.07) is 7.21.